The molecule has 1 saturated heterocycles. The minimum Gasteiger partial charge on any atom is -0.478 e. The van der Waals surface area contributed by atoms with Crippen molar-refractivity contribution in [2.45, 2.75) is 31.7 Å². The number of aryl methyl sites for hydroxylation is 1. The van der Waals surface area contributed by atoms with Crippen molar-refractivity contribution in [2.75, 3.05) is 13.1 Å². The summed E-state index contributed by atoms with van der Waals surface area (Å²) in [4.78, 5) is 31.0. The lowest BCUT2D eigenvalue weighted by molar-refractivity contribution is -0.132. The zero-order valence-electron chi connectivity index (χ0n) is 15.8. The first-order valence-electron chi connectivity index (χ1n) is 9.51. The van der Waals surface area contributed by atoms with Crippen molar-refractivity contribution in [1.29, 1.82) is 0 Å². The Hall–Kier alpha value is -3.07. The van der Waals surface area contributed by atoms with E-state index in [1.54, 1.807) is 36.0 Å². The van der Waals surface area contributed by atoms with Crippen LogP contribution >= 0.6 is 11.3 Å². The summed E-state index contributed by atoms with van der Waals surface area (Å²) < 4.78 is 1.84. The summed E-state index contributed by atoms with van der Waals surface area (Å²) in [6.07, 6.45) is 6.23. The molecule has 150 valence electrons. The molecule has 0 bridgehead atoms. The quantitative estimate of drug-likeness (QED) is 0.669. The highest BCUT2D eigenvalue weighted by Crippen LogP contribution is 2.25. The topological polar surface area (TPSA) is 101 Å². The van der Waals surface area contributed by atoms with E-state index in [2.05, 4.69) is 15.3 Å². The number of likely N-dealkylation sites (tertiary alicyclic amines) is 1. The molecule has 3 heterocycles. The van der Waals surface area contributed by atoms with Gasteiger partial charge >= 0.3 is 5.97 Å². The molecular weight excluding hydrogens is 390 g/mol. The van der Waals surface area contributed by atoms with Crippen LogP contribution < -0.4 is 0 Å². The van der Waals surface area contributed by atoms with E-state index in [1.807, 2.05) is 15.8 Å². The van der Waals surface area contributed by atoms with Crippen LogP contribution in [0.2, 0.25) is 0 Å². The van der Waals surface area contributed by atoms with Crippen LogP contribution in [-0.2, 0) is 11.2 Å². The maximum Gasteiger partial charge on any atom is 0.335 e. The fourth-order valence-corrected chi connectivity index (χ4v) is 4.23. The number of piperidine rings is 1. The zero-order valence-corrected chi connectivity index (χ0v) is 16.6. The standard InChI is InChI=1S/C20H21N5O3S/c26-19(8-7-14-4-1-2-6-16(14)20(27)28)24-9-3-5-15(11-24)25-12-17(22-23-25)18-10-21-13-29-18/h1-2,4,6,10,12-13,15H,3,5,7-9,11H2,(H,27,28). The minimum absolute atomic E-state index is 0.0395. The van der Waals surface area contributed by atoms with E-state index in [0.717, 1.165) is 23.4 Å². The summed E-state index contributed by atoms with van der Waals surface area (Å²) in [6.45, 7) is 1.30. The summed E-state index contributed by atoms with van der Waals surface area (Å²) in [5.74, 6) is -0.924. The number of thiazole rings is 1. The zero-order chi connectivity index (χ0) is 20.2. The molecule has 0 saturated carbocycles. The third kappa shape index (κ3) is 4.34. The summed E-state index contributed by atoms with van der Waals surface area (Å²) in [5.41, 5.74) is 3.50. The Morgan fingerprint density at radius 2 is 2.14 bits per heavy atom. The molecule has 0 spiro atoms. The van der Waals surface area contributed by atoms with E-state index >= 15 is 0 Å². The molecule has 8 nitrogen and oxygen atoms in total. The van der Waals surface area contributed by atoms with Crippen molar-refractivity contribution >= 4 is 23.2 Å². The Kier molecular flexibility index (Phi) is 5.66. The largest absolute Gasteiger partial charge is 0.478 e. The van der Waals surface area contributed by atoms with Gasteiger partial charge < -0.3 is 10.0 Å². The number of carbonyl (C=O) groups is 2. The van der Waals surface area contributed by atoms with Crippen molar-refractivity contribution in [3.63, 3.8) is 0 Å². The van der Waals surface area contributed by atoms with E-state index in [1.165, 1.54) is 11.3 Å². The van der Waals surface area contributed by atoms with Gasteiger partial charge in [-0.2, -0.15) is 0 Å². The summed E-state index contributed by atoms with van der Waals surface area (Å²) in [5, 5.41) is 17.8. The number of carbonyl (C=O) groups excluding carboxylic acids is 1. The maximum atomic E-state index is 12.7. The number of aromatic carboxylic acids is 1. The number of hydrogen-bond acceptors (Lipinski definition) is 6. The van der Waals surface area contributed by atoms with Crippen LogP contribution in [0.5, 0.6) is 0 Å². The van der Waals surface area contributed by atoms with Crippen LogP contribution in [-0.4, -0.2) is 55.0 Å². The van der Waals surface area contributed by atoms with Gasteiger partial charge in [0, 0.05) is 25.7 Å². The molecule has 2 aromatic heterocycles. The molecule has 0 aliphatic carbocycles. The molecule has 9 heteroatoms. The molecule has 0 radical (unpaired) electrons. The number of carboxylic acid groups (broad SMARTS) is 1. The highest BCUT2D eigenvalue weighted by atomic mass is 32.1. The van der Waals surface area contributed by atoms with Crippen molar-refractivity contribution < 1.29 is 14.7 Å². The van der Waals surface area contributed by atoms with Crippen LogP contribution in [0.15, 0.2) is 42.2 Å². The summed E-state index contributed by atoms with van der Waals surface area (Å²) in [7, 11) is 0. The molecule has 1 aliphatic heterocycles. The number of amides is 1. The molecule has 1 N–H and O–H groups in total. The van der Waals surface area contributed by atoms with Gasteiger partial charge in [-0.3, -0.25) is 9.78 Å². The van der Waals surface area contributed by atoms with Crippen LogP contribution in [0.1, 0.15) is 41.2 Å². The molecule has 29 heavy (non-hydrogen) atoms. The first-order chi connectivity index (χ1) is 14.1. The van der Waals surface area contributed by atoms with E-state index < -0.39 is 5.97 Å². The predicted octanol–water partition coefficient (Wildman–Crippen LogP) is 2.90. The lowest BCUT2D eigenvalue weighted by atomic mass is 10.0. The molecule has 4 rings (SSSR count). The molecule has 1 amide bonds. The summed E-state index contributed by atoms with van der Waals surface area (Å²) >= 11 is 1.52. The second kappa shape index (κ2) is 8.52. The van der Waals surface area contributed by atoms with E-state index in [-0.39, 0.29) is 17.5 Å². The van der Waals surface area contributed by atoms with E-state index in [4.69, 9.17) is 0 Å². The molecule has 1 unspecified atom stereocenters. The van der Waals surface area contributed by atoms with Gasteiger partial charge in [-0.25, -0.2) is 9.48 Å². The molecule has 1 aliphatic rings. The van der Waals surface area contributed by atoms with Crippen LogP contribution in [0.3, 0.4) is 0 Å². The van der Waals surface area contributed by atoms with Gasteiger partial charge in [-0.05, 0) is 30.9 Å². The second-order valence-corrected chi connectivity index (χ2v) is 7.93. The highest BCUT2D eigenvalue weighted by molar-refractivity contribution is 7.13. The Balaban J connectivity index is 1.38. The SMILES string of the molecule is O=C(O)c1ccccc1CCC(=O)N1CCCC(n2cc(-c3cncs3)nn2)C1. The Labute approximate surface area is 171 Å². The second-order valence-electron chi connectivity index (χ2n) is 7.05. The van der Waals surface area contributed by atoms with Crippen LogP contribution in [0, 0.1) is 0 Å². The maximum absolute atomic E-state index is 12.7. The predicted molar refractivity (Wildman–Crippen MR) is 108 cm³/mol. The third-order valence-electron chi connectivity index (χ3n) is 5.17. The van der Waals surface area contributed by atoms with Crippen LogP contribution in [0.25, 0.3) is 10.6 Å². The van der Waals surface area contributed by atoms with Crippen molar-refractivity contribution in [3.8, 4) is 10.6 Å². The molecule has 1 atom stereocenters. The summed E-state index contributed by atoms with van der Waals surface area (Å²) in [6, 6.07) is 6.93. The van der Waals surface area contributed by atoms with Crippen molar-refractivity contribution in [2.24, 2.45) is 0 Å². The third-order valence-corrected chi connectivity index (χ3v) is 5.97. The minimum atomic E-state index is -0.964. The average Bonchev–Trinajstić information content (AvgIpc) is 3.44. The molecule has 3 aromatic rings. The van der Waals surface area contributed by atoms with Crippen molar-refractivity contribution in [1.82, 2.24) is 24.9 Å². The first-order valence-corrected chi connectivity index (χ1v) is 10.4. The first kappa shape index (κ1) is 19.3. The smallest absolute Gasteiger partial charge is 0.335 e. The Morgan fingerprint density at radius 3 is 2.93 bits per heavy atom. The lowest BCUT2D eigenvalue weighted by Gasteiger charge is -2.32. The van der Waals surface area contributed by atoms with Gasteiger partial charge in [-0.15, -0.1) is 16.4 Å². The average molecular weight is 411 g/mol. The van der Waals surface area contributed by atoms with Gasteiger partial charge in [0.15, 0.2) is 0 Å². The van der Waals surface area contributed by atoms with Gasteiger partial charge in [0.25, 0.3) is 0 Å². The number of aromatic nitrogens is 4. The fraction of sp³-hybridized carbons (Fsp3) is 0.350. The van der Waals surface area contributed by atoms with Gasteiger partial charge in [-0.1, -0.05) is 23.4 Å². The highest BCUT2D eigenvalue weighted by Gasteiger charge is 2.26. The number of hydrogen-bond donors (Lipinski definition) is 1. The van der Waals surface area contributed by atoms with E-state index in [9.17, 15) is 14.7 Å². The number of nitrogens with zero attached hydrogens (tertiary/aromatic N) is 5. The number of benzene rings is 1. The molecular formula is C20H21N5O3S. The van der Waals surface area contributed by atoms with Gasteiger partial charge in [0.2, 0.25) is 5.91 Å². The Bertz CT molecular complexity index is 1000. The fourth-order valence-electron chi connectivity index (χ4n) is 3.65. The Morgan fingerprint density at radius 1 is 1.28 bits per heavy atom. The monoisotopic (exact) mass is 411 g/mol. The number of rotatable bonds is 6. The van der Waals surface area contributed by atoms with Gasteiger partial charge in [0.05, 0.1) is 28.2 Å². The van der Waals surface area contributed by atoms with Gasteiger partial charge in [0.1, 0.15) is 5.69 Å². The lowest BCUT2D eigenvalue weighted by Crippen LogP contribution is -2.41. The molecule has 1 fully saturated rings. The van der Waals surface area contributed by atoms with Crippen molar-refractivity contribution in [3.05, 3.63) is 53.3 Å². The number of carboxylic acids is 1. The van der Waals surface area contributed by atoms with E-state index in [0.29, 0.717) is 31.5 Å². The van der Waals surface area contributed by atoms with Crippen LogP contribution in [0.4, 0.5) is 0 Å². The molecule has 1 aromatic carbocycles. The normalized spacial score (nSPS) is 16.7.